The van der Waals surface area contributed by atoms with Crippen molar-refractivity contribution in [1.29, 1.82) is 0 Å². The number of Topliss-reactive ketones (excluding diaryl/α,β-unsaturated/α-hetero) is 1. The van der Waals surface area contributed by atoms with Gasteiger partial charge in [0.1, 0.15) is 5.78 Å². The smallest absolute Gasteiger partial charge is 0.144 e. The Morgan fingerprint density at radius 3 is 2.81 bits per heavy atom. The molecule has 16 heavy (non-hydrogen) atoms. The minimum Gasteiger partial charge on any atom is -0.317 e. The summed E-state index contributed by atoms with van der Waals surface area (Å²) in [7, 11) is 1.81. The molecule has 88 valence electrons. The summed E-state index contributed by atoms with van der Waals surface area (Å²) in [6, 6.07) is 0. The van der Waals surface area contributed by atoms with E-state index in [9.17, 15) is 4.79 Å². The molecule has 0 bridgehead atoms. The maximum atomic E-state index is 12.2. The van der Waals surface area contributed by atoms with Crippen LogP contribution in [0, 0.1) is 5.41 Å². The van der Waals surface area contributed by atoms with E-state index in [1.807, 2.05) is 13.2 Å². The lowest BCUT2D eigenvalue weighted by molar-refractivity contribution is -0.128. The Bertz CT molecular complexity index is 379. The van der Waals surface area contributed by atoms with Crippen LogP contribution < -0.4 is 5.32 Å². The number of carbonyl (C=O) groups is 1. The number of nitrogens with zero attached hydrogens (tertiary/aromatic N) is 3. The zero-order valence-electron chi connectivity index (χ0n) is 9.86. The summed E-state index contributed by atoms with van der Waals surface area (Å²) in [5.41, 5.74) is 0.593. The average Bonchev–Trinajstić information content (AvgIpc) is 2.65. The Morgan fingerprint density at radius 1 is 1.56 bits per heavy atom. The first-order valence-corrected chi connectivity index (χ1v) is 5.69. The summed E-state index contributed by atoms with van der Waals surface area (Å²) in [5, 5.41) is 11.1. The zero-order chi connectivity index (χ0) is 11.6. The highest BCUT2D eigenvalue weighted by molar-refractivity contribution is 5.86. The van der Waals surface area contributed by atoms with Gasteiger partial charge in [0.15, 0.2) is 0 Å². The van der Waals surface area contributed by atoms with Gasteiger partial charge in [-0.1, -0.05) is 12.1 Å². The van der Waals surface area contributed by atoms with E-state index in [1.54, 1.807) is 4.68 Å². The minimum atomic E-state index is -0.178. The Balaban J connectivity index is 2.01. The highest BCUT2D eigenvalue weighted by Gasteiger charge is 2.34. The van der Waals surface area contributed by atoms with Crippen molar-refractivity contribution in [2.24, 2.45) is 12.5 Å². The molecular weight excluding hydrogens is 204 g/mol. The fraction of sp³-hybridized carbons (Fsp3) is 0.727. The second-order valence-corrected chi connectivity index (χ2v) is 4.79. The summed E-state index contributed by atoms with van der Waals surface area (Å²) in [5.74, 6) is 0.287. The van der Waals surface area contributed by atoms with Crippen molar-refractivity contribution in [2.75, 3.05) is 13.1 Å². The van der Waals surface area contributed by atoms with Gasteiger partial charge in [-0.25, -0.2) is 0 Å². The van der Waals surface area contributed by atoms with Crippen LogP contribution in [-0.4, -0.2) is 33.9 Å². The Morgan fingerprint density at radius 2 is 2.25 bits per heavy atom. The van der Waals surface area contributed by atoms with Crippen molar-refractivity contribution >= 4 is 5.78 Å². The molecule has 5 heteroatoms. The van der Waals surface area contributed by atoms with E-state index < -0.39 is 0 Å². The van der Waals surface area contributed by atoms with Gasteiger partial charge >= 0.3 is 0 Å². The van der Waals surface area contributed by atoms with Crippen LogP contribution in [0.5, 0.6) is 0 Å². The van der Waals surface area contributed by atoms with E-state index >= 15 is 0 Å². The lowest BCUT2D eigenvalue weighted by Crippen LogP contribution is -2.40. The fourth-order valence-electron chi connectivity index (χ4n) is 2.11. The van der Waals surface area contributed by atoms with E-state index in [0.717, 1.165) is 31.6 Å². The maximum absolute atomic E-state index is 12.2. The molecular formula is C11H18N4O. The normalized spacial score (nSPS) is 19.6. The first kappa shape index (κ1) is 11.3. The molecule has 2 rings (SSSR count). The molecule has 0 aliphatic carbocycles. The fourth-order valence-corrected chi connectivity index (χ4v) is 2.11. The standard InChI is InChI=1S/C11H18N4O/c1-11(3-5-12-6-4-11)10(16)7-9-8-15(2)14-13-9/h8,12H,3-7H2,1-2H3. The Labute approximate surface area is 95.2 Å². The van der Waals surface area contributed by atoms with Crippen molar-refractivity contribution in [2.45, 2.75) is 26.2 Å². The highest BCUT2D eigenvalue weighted by atomic mass is 16.1. The quantitative estimate of drug-likeness (QED) is 0.800. The third-order valence-corrected chi connectivity index (χ3v) is 3.37. The van der Waals surface area contributed by atoms with Crippen LogP contribution >= 0.6 is 0 Å². The van der Waals surface area contributed by atoms with Gasteiger partial charge in [-0.2, -0.15) is 0 Å². The number of hydrogen-bond donors (Lipinski definition) is 1. The summed E-state index contributed by atoms with van der Waals surface area (Å²) < 4.78 is 1.63. The number of piperidine rings is 1. The van der Waals surface area contributed by atoms with Crippen LogP contribution in [0.4, 0.5) is 0 Å². The Kier molecular flexibility index (Phi) is 3.05. The van der Waals surface area contributed by atoms with E-state index in [0.29, 0.717) is 6.42 Å². The molecule has 1 aromatic rings. The van der Waals surface area contributed by atoms with Crippen molar-refractivity contribution < 1.29 is 4.79 Å². The van der Waals surface area contributed by atoms with Gasteiger partial charge in [0.2, 0.25) is 0 Å². The van der Waals surface area contributed by atoms with E-state index in [1.165, 1.54) is 0 Å². The first-order valence-electron chi connectivity index (χ1n) is 5.69. The van der Waals surface area contributed by atoms with Crippen molar-refractivity contribution in [1.82, 2.24) is 20.3 Å². The number of ketones is 1. The summed E-state index contributed by atoms with van der Waals surface area (Å²) in [6.45, 7) is 3.93. The van der Waals surface area contributed by atoms with Gasteiger partial charge in [0, 0.05) is 18.7 Å². The number of hydrogen-bond acceptors (Lipinski definition) is 4. The summed E-state index contributed by atoms with van der Waals surface area (Å²) in [4.78, 5) is 12.2. The SMILES string of the molecule is Cn1cc(CC(=O)C2(C)CCNCC2)nn1. The largest absolute Gasteiger partial charge is 0.317 e. The van der Waals surface area contributed by atoms with E-state index in [-0.39, 0.29) is 11.2 Å². The number of aromatic nitrogens is 3. The number of nitrogens with one attached hydrogen (secondary N) is 1. The number of carbonyl (C=O) groups excluding carboxylic acids is 1. The second-order valence-electron chi connectivity index (χ2n) is 4.79. The molecule has 0 radical (unpaired) electrons. The molecule has 0 amide bonds. The van der Waals surface area contributed by atoms with Crippen LogP contribution in [0.3, 0.4) is 0 Å². The minimum absolute atomic E-state index is 0.178. The summed E-state index contributed by atoms with van der Waals surface area (Å²) in [6.07, 6.45) is 4.06. The van der Waals surface area contributed by atoms with Crippen LogP contribution in [-0.2, 0) is 18.3 Å². The van der Waals surface area contributed by atoms with E-state index in [4.69, 9.17) is 0 Å². The zero-order valence-corrected chi connectivity index (χ0v) is 9.86. The lowest BCUT2D eigenvalue weighted by atomic mass is 9.76. The van der Waals surface area contributed by atoms with Gasteiger partial charge in [0.25, 0.3) is 0 Å². The molecule has 1 aromatic heterocycles. The average molecular weight is 222 g/mol. The molecule has 2 heterocycles. The number of aryl methyl sites for hydroxylation is 1. The molecule has 1 aliphatic heterocycles. The monoisotopic (exact) mass is 222 g/mol. The van der Waals surface area contributed by atoms with Crippen molar-refractivity contribution in [3.63, 3.8) is 0 Å². The van der Waals surface area contributed by atoms with Gasteiger partial charge in [-0.05, 0) is 25.9 Å². The lowest BCUT2D eigenvalue weighted by Gasteiger charge is -2.32. The molecule has 0 saturated carbocycles. The molecule has 1 N–H and O–H groups in total. The molecule has 5 nitrogen and oxygen atoms in total. The molecule has 1 fully saturated rings. The highest BCUT2D eigenvalue weighted by Crippen LogP contribution is 2.29. The molecule has 0 unspecified atom stereocenters. The van der Waals surface area contributed by atoms with Gasteiger partial charge in [-0.3, -0.25) is 9.48 Å². The summed E-state index contributed by atoms with van der Waals surface area (Å²) >= 11 is 0. The van der Waals surface area contributed by atoms with Crippen LogP contribution in [0.25, 0.3) is 0 Å². The molecule has 0 aromatic carbocycles. The topological polar surface area (TPSA) is 59.8 Å². The van der Waals surface area contributed by atoms with Crippen LogP contribution in [0.15, 0.2) is 6.20 Å². The van der Waals surface area contributed by atoms with Gasteiger partial charge in [0.05, 0.1) is 12.1 Å². The van der Waals surface area contributed by atoms with Crippen LogP contribution in [0.2, 0.25) is 0 Å². The van der Waals surface area contributed by atoms with Crippen LogP contribution in [0.1, 0.15) is 25.5 Å². The van der Waals surface area contributed by atoms with Crippen molar-refractivity contribution in [3.8, 4) is 0 Å². The van der Waals surface area contributed by atoms with E-state index in [2.05, 4.69) is 22.6 Å². The second kappa shape index (κ2) is 4.33. The van der Waals surface area contributed by atoms with Crippen molar-refractivity contribution in [3.05, 3.63) is 11.9 Å². The maximum Gasteiger partial charge on any atom is 0.144 e. The third-order valence-electron chi connectivity index (χ3n) is 3.37. The predicted molar refractivity (Wildman–Crippen MR) is 59.9 cm³/mol. The Hall–Kier alpha value is -1.23. The number of rotatable bonds is 3. The third kappa shape index (κ3) is 2.29. The first-order chi connectivity index (χ1) is 7.60. The molecule has 0 spiro atoms. The van der Waals surface area contributed by atoms with Gasteiger partial charge < -0.3 is 5.32 Å². The van der Waals surface area contributed by atoms with Gasteiger partial charge in [-0.15, -0.1) is 5.10 Å². The molecule has 1 aliphatic rings. The molecule has 0 atom stereocenters. The molecule has 1 saturated heterocycles. The predicted octanol–water partition coefficient (Wildman–Crippen LogP) is 0.316.